The number of rotatable bonds is 4. The number of benzene rings is 1. The van der Waals surface area contributed by atoms with Crippen molar-refractivity contribution in [2.24, 2.45) is 5.14 Å². The molecule has 0 aliphatic heterocycles. The third kappa shape index (κ3) is 3.22. The topological polar surface area (TPSA) is 111 Å². The molecule has 1 heterocycles. The first-order valence-electron chi connectivity index (χ1n) is 5.43. The monoisotopic (exact) mass is 298 g/mol. The predicted octanol–water partition coefficient (Wildman–Crippen LogP) is 1.29. The van der Waals surface area contributed by atoms with Crippen LogP contribution in [0.3, 0.4) is 0 Å². The number of thiazole rings is 1. The summed E-state index contributed by atoms with van der Waals surface area (Å²) < 4.78 is 23.0. The van der Waals surface area contributed by atoms with Gasteiger partial charge in [-0.1, -0.05) is 0 Å². The number of primary sulfonamides is 1. The van der Waals surface area contributed by atoms with E-state index in [2.05, 4.69) is 10.3 Å². The zero-order valence-electron chi connectivity index (χ0n) is 10.3. The molecule has 6 nitrogen and oxygen atoms in total. The minimum absolute atomic E-state index is 0.0362. The Morgan fingerprint density at radius 1 is 1.42 bits per heavy atom. The number of hydrogen-bond acceptors (Lipinski definition) is 6. The highest BCUT2D eigenvalue weighted by Gasteiger charge is 2.15. The van der Waals surface area contributed by atoms with Crippen molar-refractivity contribution in [3.05, 3.63) is 34.3 Å². The standard InChI is InChI=1S/C11H14N4O2S2/c1-7-9(15-6-11-14-2-3-18-11)4-8(12)5-10(7)19(13,16)17/h2-5,15H,6,12H2,1H3,(H2,13,16,17). The van der Waals surface area contributed by atoms with E-state index in [1.165, 1.54) is 17.4 Å². The van der Waals surface area contributed by atoms with E-state index in [0.29, 0.717) is 23.5 Å². The van der Waals surface area contributed by atoms with Gasteiger partial charge < -0.3 is 11.1 Å². The molecule has 0 unspecified atom stereocenters. The lowest BCUT2D eigenvalue weighted by Gasteiger charge is -2.12. The third-order valence-electron chi connectivity index (χ3n) is 2.60. The number of anilines is 2. The van der Waals surface area contributed by atoms with Gasteiger partial charge in [0, 0.05) is 23.0 Å². The molecule has 1 aromatic heterocycles. The van der Waals surface area contributed by atoms with Gasteiger partial charge in [-0.05, 0) is 24.6 Å². The summed E-state index contributed by atoms with van der Waals surface area (Å²) in [5.41, 5.74) is 7.23. The molecule has 102 valence electrons. The molecule has 0 aliphatic carbocycles. The maximum Gasteiger partial charge on any atom is 0.238 e. The quantitative estimate of drug-likeness (QED) is 0.737. The van der Waals surface area contributed by atoms with Gasteiger partial charge in [-0.2, -0.15) is 0 Å². The van der Waals surface area contributed by atoms with Gasteiger partial charge in [0.1, 0.15) is 5.01 Å². The minimum Gasteiger partial charge on any atom is -0.399 e. The average molecular weight is 298 g/mol. The van der Waals surface area contributed by atoms with E-state index in [0.717, 1.165) is 5.01 Å². The van der Waals surface area contributed by atoms with Crippen molar-refractivity contribution in [3.8, 4) is 0 Å². The first-order chi connectivity index (χ1) is 8.88. The van der Waals surface area contributed by atoms with E-state index in [4.69, 9.17) is 10.9 Å². The molecule has 0 fully saturated rings. The molecule has 0 radical (unpaired) electrons. The molecule has 0 saturated heterocycles. The van der Waals surface area contributed by atoms with Crippen LogP contribution in [-0.4, -0.2) is 13.4 Å². The SMILES string of the molecule is Cc1c(NCc2nccs2)cc(N)cc1S(N)(=O)=O. The first-order valence-corrected chi connectivity index (χ1v) is 7.85. The second kappa shape index (κ2) is 5.16. The summed E-state index contributed by atoms with van der Waals surface area (Å²) in [6, 6.07) is 3.04. The van der Waals surface area contributed by atoms with Crippen LogP contribution in [0.5, 0.6) is 0 Å². The number of aromatic nitrogens is 1. The number of nitrogens with one attached hydrogen (secondary N) is 1. The summed E-state index contributed by atoms with van der Waals surface area (Å²) in [5, 5.41) is 11.1. The van der Waals surface area contributed by atoms with Crippen molar-refractivity contribution >= 4 is 32.7 Å². The van der Waals surface area contributed by atoms with Gasteiger partial charge in [0.25, 0.3) is 0 Å². The molecule has 0 bridgehead atoms. The van der Waals surface area contributed by atoms with Crippen molar-refractivity contribution in [1.82, 2.24) is 4.98 Å². The second-order valence-corrected chi connectivity index (χ2v) is 6.52. The molecule has 0 saturated carbocycles. The zero-order chi connectivity index (χ0) is 14.0. The van der Waals surface area contributed by atoms with Crippen LogP contribution in [0.4, 0.5) is 11.4 Å². The zero-order valence-corrected chi connectivity index (χ0v) is 11.9. The van der Waals surface area contributed by atoms with E-state index in [-0.39, 0.29) is 4.90 Å². The number of sulfonamides is 1. The summed E-state index contributed by atoms with van der Waals surface area (Å²) >= 11 is 1.51. The second-order valence-electron chi connectivity index (χ2n) is 4.02. The highest BCUT2D eigenvalue weighted by atomic mass is 32.2. The van der Waals surface area contributed by atoms with E-state index >= 15 is 0 Å². The van der Waals surface area contributed by atoms with Gasteiger partial charge in [0.2, 0.25) is 10.0 Å². The van der Waals surface area contributed by atoms with Crippen LogP contribution in [0.1, 0.15) is 10.6 Å². The van der Waals surface area contributed by atoms with Gasteiger partial charge in [0.15, 0.2) is 0 Å². The fourth-order valence-electron chi connectivity index (χ4n) is 1.70. The summed E-state index contributed by atoms with van der Waals surface area (Å²) in [7, 11) is -3.78. The van der Waals surface area contributed by atoms with Gasteiger partial charge >= 0.3 is 0 Å². The Kier molecular flexibility index (Phi) is 3.74. The molecule has 1 aromatic carbocycles. The molecule has 19 heavy (non-hydrogen) atoms. The maximum absolute atomic E-state index is 11.5. The van der Waals surface area contributed by atoms with Crippen LogP contribution in [0.2, 0.25) is 0 Å². The first kappa shape index (κ1) is 13.8. The third-order valence-corrected chi connectivity index (χ3v) is 4.42. The summed E-state index contributed by atoms with van der Waals surface area (Å²) in [6.07, 6.45) is 1.71. The summed E-state index contributed by atoms with van der Waals surface area (Å²) in [6.45, 7) is 2.19. The van der Waals surface area contributed by atoms with Gasteiger partial charge in [-0.25, -0.2) is 18.5 Å². The Hall–Kier alpha value is -1.64. The van der Waals surface area contributed by atoms with Crippen molar-refractivity contribution in [3.63, 3.8) is 0 Å². The molecule has 0 amide bonds. The lowest BCUT2D eigenvalue weighted by atomic mass is 10.2. The minimum atomic E-state index is -3.78. The van der Waals surface area contributed by atoms with Crippen LogP contribution in [0, 0.1) is 6.92 Å². The number of hydrogen-bond donors (Lipinski definition) is 3. The predicted molar refractivity (Wildman–Crippen MR) is 76.4 cm³/mol. The number of nitrogens with two attached hydrogens (primary N) is 2. The van der Waals surface area contributed by atoms with Gasteiger partial charge in [-0.15, -0.1) is 11.3 Å². The molecule has 8 heteroatoms. The molecule has 5 N–H and O–H groups in total. The van der Waals surface area contributed by atoms with E-state index in [1.807, 2.05) is 5.38 Å². The lowest BCUT2D eigenvalue weighted by Crippen LogP contribution is -2.15. The Morgan fingerprint density at radius 2 is 2.16 bits per heavy atom. The normalized spacial score (nSPS) is 11.5. The average Bonchev–Trinajstić information content (AvgIpc) is 2.81. The fraction of sp³-hybridized carbons (Fsp3) is 0.182. The molecule has 0 atom stereocenters. The molecule has 0 aliphatic rings. The van der Waals surface area contributed by atoms with Crippen LogP contribution in [0.15, 0.2) is 28.6 Å². The molecule has 2 aromatic rings. The van der Waals surface area contributed by atoms with Crippen LogP contribution < -0.4 is 16.2 Å². The highest BCUT2D eigenvalue weighted by molar-refractivity contribution is 7.89. The Labute approximate surface area is 115 Å². The molecular weight excluding hydrogens is 284 g/mol. The van der Waals surface area contributed by atoms with Crippen molar-refractivity contribution < 1.29 is 8.42 Å². The van der Waals surface area contributed by atoms with E-state index in [9.17, 15) is 8.42 Å². The van der Waals surface area contributed by atoms with Crippen LogP contribution in [0.25, 0.3) is 0 Å². The van der Waals surface area contributed by atoms with Crippen molar-refractivity contribution in [2.45, 2.75) is 18.4 Å². The Morgan fingerprint density at radius 3 is 2.74 bits per heavy atom. The van der Waals surface area contributed by atoms with Crippen LogP contribution in [-0.2, 0) is 16.6 Å². The van der Waals surface area contributed by atoms with E-state index in [1.54, 1.807) is 19.2 Å². The summed E-state index contributed by atoms with van der Waals surface area (Å²) in [4.78, 5) is 4.17. The number of nitrogen functional groups attached to an aromatic ring is 1. The Bertz CT molecular complexity index is 681. The lowest BCUT2D eigenvalue weighted by molar-refractivity contribution is 0.597. The van der Waals surface area contributed by atoms with E-state index < -0.39 is 10.0 Å². The maximum atomic E-state index is 11.5. The Balaban J connectivity index is 2.33. The fourth-order valence-corrected chi connectivity index (χ4v) is 3.09. The van der Waals surface area contributed by atoms with Crippen molar-refractivity contribution in [1.29, 1.82) is 0 Å². The molecule has 0 spiro atoms. The summed E-state index contributed by atoms with van der Waals surface area (Å²) in [5.74, 6) is 0. The van der Waals surface area contributed by atoms with Gasteiger partial charge in [-0.3, -0.25) is 0 Å². The smallest absolute Gasteiger partial charge is 0.238 e. The van der Waals surface area contributed by atoms with Crippen LogP contribution >= 0.6 is 11.3 Å². The molecule has 2 rings (SSSR count). The largest absolute Gasteiger partial charge is 0.399 e. The number of nitrogens with zero attached hydrogens (tertiary/aromatic N) is 1. The highest BCUT2D eigenvalue weighted by Crippen LogP contribution is 2.26. The van der Waals surface area contributed by atoms with Crippen molar-refractivity contribution in [2.75, 3.05) is 11.1 Å². The molecular formula is C11H14N4O2S2. The van der Waals surface area contributed by atoms with Gasteiger partial charge in [0.05, 0.1) is 11.4 Å².